The van der Waals surface area contributed by atoms with Crippen LogP contribution in [0.2, 0.25) is 0 Å². The van der Waals surface area contributed by atoms with E-state index < -0.39 is 0 Å². The van der Waals surface area contributed by atoms with Gasteiger partial charge in [-0.2, -0.15) is 0 Å². The Kier molecular flexibility index (Phi) is 5.58. The minimum Gasteiger partial charge on any atom is -0.341 e. The van der Waals surface area contributed by atoms with E-state index in [1.54, 1.807) is 0 Å². The number of aryl methyl sites for hydroxylation is 1. The second-order valence-electron chi connectivity index (χ2n) is 7.29. The molecule has 0 bridgehead atoms. The van der Waals surface area contributed by atoms with Crippen LogP contribution in [0.15, 0.2) is 48.5 Å². The lowest BCUT2D eigenvalue weighted by atomic mass is 10.1. The molecule has 0 spiro atoms. The van der Waals surface area contributed by atoms with E-state index >= 15 is 0 Å². The molecule has 1 fully saturated rings. The molecule has 2 heterocycles. The summed E-state index contributed by atoms with van der Waals surface area (Å²) in [4.78, 5) is 25.0. The van der Waals surface area contributed by atoms with Crippen molar-refractivity contribution < 1.29 is 4.79 Å². The number of rotatable bonds is 5. The van der Waals surface area contributed by atoms with E-state index in [-0.39, 0.29) is 5.91 Å². The molecule has 0 atom stereocenters. The summed E-state index contributed by atoms with van der Waals surface area (Å²) in [6, 6.07) is 16.2. The lowest BCUT2D eigenvalue weighted by Gasteiger charge is -2.21. The second kappa shape index (κ2) is 8.44. The van der Waals surface area contributed by atoms with Gasteiger partial charge in [-0.15, -0.1) is 0 Å². The summed E-state index contributed by atoms with van der Waals surface area (Å²) in [6.07, 6.45) is 2.01. The van der Waals surface area contributed by atoms with Gasteiger partial charge in [0.1, 0.15) is 0 Å². The van der Waals surface area contributed by atoms with E-state index in [2.05, 4.69) is 39.2 Å². The number of imidazole rings is 1. The van der Waals surface area contributed by atoms with E-state index in [4.69, 9.17) is 4.98 Å². The number of anilines is 2. The number of aromatic amines is 1. The Morgan fingerprint density at radius 1 is 1.07 bits per heavy atom. The van der Waals surface area contributed by atoms with Crippen LogP contribution in [0.25, 0.3) is 11.0 Å². The van der Waals surface area contributed by atoms with E-state index in [0.717, 1.165) is 61.7 Å². The van der Waals surface area contributed by atoms with Crippen molar-refractivity contribution in [2.75, 3.05) is 42.9 Å². The summed E-state index contributed by atoms with van der Waals surface area (Å²) < 4.78 is 0. The van der Waals surface area contributed by atoms with Crippen LogP contribution in [0.3, 0.4) is 0 Å². The summed E-state index contributed by atoms with van der Waals surface area (Å²) in [5.74, 6) is 0.963. The summed E-state index contributed by atoms with van der Waals surface area (Å²) in [7, 11) is 0. The average molecular weight is 377 g/mol. The number of carbonyl (C=O) groups excluding carboxylic acids is 1. The smallest absolute Gasteiger partial charge is 0.238 e. The molecule has 1 amide bonds. The largest absolute Gasteiger partial charge is 0.341 e. The molecule has 0 radical (unpaired) electrons. The number of amides is 1. The molecule has 1 aliphatic heterocycles. The van der Waals surface area contributed by atoms with Crippen LogP contribution in [0.5, 0.6) is 0 Å². The monoisotopic (exact) mass is 377 g/mol. The average Bonchev–Trinajstić information content (AvgIpc) is 3.01. The van der Waals surface area contributed by atoms with Crippen molar-refractivity contribution in [1.82, 2.24) is 14.9 Å². The van der Waals surface area contributed by atoms with Gasteiger partial charge >= 0.3 is 0 Å². The Hall–Kier alpha value is -2.86. The second-order valence-corrected chi connectivity index (χ2v) is 7.29. The fraction of sp³-hybridized carbons (Fsp3) is 0.364. The molecular weight excluding hydrogens is 350 g/mol. The molecule has 28 heavy (non-hydrogen) atoms. The maximum absolute atomic E-state index is 12.4. The van der Waals surface area contributed by atoms with Crippen molar-refractivity contribution in [1.29, 1.82) is 0 Å². The van der Waals surface area contributed by atoms with Crippen molar-refractivity contribution >= 4 is 28.6 Å². The van der Waals surface area contributed by atoms with Crippen molar-refractivity contribution in [2.24, 2.45) is 0 Å². The summed E-state index contributed by atoms with van der Waals surface area (Å²) in [5, 5.41) is 3.01. The number of aromatic nitrogens is 2. The van der Waals surface area contributed by atoms with Crippen LogP contribution in [0.4, 0.5) is 11.6 Å². The number of hydrogen-bond donors (Lipinski definition) is 2. The maximum Gasteiger partial charge on any atom is 0.238 e. The van der Waals surface area contributed by atoms with Gasteiger partial charge < -0.3 is 15.2 Å². The van der Waals surface area contributed by atoms with Crippen molar-refractivity contribution in [3.63, 3.8) is 0 Å². The summed E-state index contributed by atoms with van der Waals surface area (Å²) >= 11 is 0. The lowest BCUT2D eigenvalue weighted by Crippen LogP contribution is -2.36. The predicted molar refractivity (Wildman–Crippen MR) is 114 cm³/mol. The zero-order valence-corrected chi connectivity index (χ0v) is 16.3. The highest BCUT2D eigenvalue weighted by Crippen LogP contribution is 2.18. The third-order valence-electron chi connectivity index (χ3n) is 5.28. The molecule has 6 heteroatoms. The maximum atomic E-state index is 12.4. The third-order valence-corrected chi connectivity index (χ3v) is 5.28. The van der Waals surface area contributed by atoms with Crippen LogP contribution >= 0.6 is 0 Å². The zero-order valence-electron chi connectivity index (χ0n) is 16.3. The SMILES string of the molecule is CCc1ccc(NC(=O)CN2CCCN(c3nc4ccccc4[nH]3)CC2)cc1. The molecule has 0 saturated carbocycles. The summed E-state index contributed by atoms with van der Waals surface area (Å²) in [5.41, 5.74) is 4.19. The lowest BCUT2D eigenvalue weighted by molar-refractivity contribution is -0.117. The standard InChI is InChI=1S/C22H27N5O/c1-2-17-8-10-18(11-9-17)23-21(28)16-26-12-5-13-27(15-14-26)22-24-19-6-3-4-7-20(19)25-22/h3-4,6-11H,2,5,12-16H2,1H3,(H,23,28)(H,24,25). The van der Waals surface area contributed by atoms with Gasteiger partial charge in [0.2, 0.25) is 11.9 Å². The molecule has 1 aromatic heterocycles. The van der Waals surface area contributed by atoms with Gasteiger partial charge in [0.15, 0.2) is 0 Å². The van der Waals surface area contributed by atoms with Gasteiger partial charge in [0.05, 0.1) is 17.6 Å². The Morgan fingerprint density at radius 3 is 2.68 bits per heavy atom. The van der Waals surface area contributed by atoms with E-state index in [1.165, 1.54) is 5.56 Å². The van der Waals surface area contributed by atoms with E-state index in [9.17, 15) is 4.79 Å². The minimum atomic E-state index is 0.0430. The zero-order chi connectivity index (χ0) is 19.3. The fourth-order valence-corrected chi connectivity index (χ4v) is 3.66. The molecule has 1 aliphatic rings. The number of fused-ring (bicyclic) bond motifs is 1. The first-order chi connectivity index (χ1) is 13.7. The number of H-pyrrole nitrogens is 1. The van der Waals surface area contributed by atoms with Gasteiger partial charge in [-0.3, -0.25) is 9.69 Å². The Balaban J connectivity index is 1.32. The van der Waals surface area contributed by atoms with Crippen LogP contribution in [0.1, 0.15) is 18.9 Å². The first kappa shape index (κ1) is 18.5. The van der Waals surface area contributed by atoms with Gasteiger partial charge in [-0.1, -0.05) is 31.2 Å². The Labute approximate surface area is 165 Å². The van der Waals surface area contributed by atoms with Crippen molar-refractivity contribution in [3.8, 4) is 0 Å². The Bertz CT molecular complexity index is 901. The van der Waals surface area contributed by atoms with E-state index in [0.29, 0.717) is 6.54 Å². The molecule has 2 N–H and O–H groups in total. The fourth-order valence-electron chi connectivity index (χ4n) is 3.66. The van der Waals surface area contributed by atoms with Gasteiger partial charge in [-0.25, -0.2) is 4.98 Å². The van der Waals surface area contributed by atoms with Crippen LogP contribution in [0, 0.1) is 0 Å². The number of hydrogen-bond acceptors (Lipinski definition) is 4. The van der Waals surface area contributed by atoms with Crippen molar-refractivity contribution in [3.05, 3.63) is 54.1 Å². The number of nitrogens with one attached hydrogen (secondary N) is 2. The van der Waals surface area contributed by atoms with Gasteiger partial charge in [0.25, 0.3) is 0 Å². The highest BCUT2D eigenvalue weighted by Gasteiger charge is 2.19. The molecule has 0 unspecified atom stereocenters. The Morgan fingerprint density at radius 2 is 1.89 bits per heavy atom. The van der Waals surface area contributed by atoms with Crippen LogP contribution < -0.4 is 10.2 Å². The number of nitrogens with zero attached hydrogens (tertiary/aromatic N) is 3. The molecule has 146 valence electrons. The molecule has 0 aliphatic carbocycles. The highest BCUT2D eigenvalue weighted by atomic mass is 16.2. The molecule has 2 aromatic carbocycles. The molecule has 6 nitrogen and oxygen atoms in total. The number of carbonyl (C=O) groups is 1. The molecule has 4 rings (SSSR count). The third kappa shape index (κ3) is 4.34. The van der Waals surface area contributed by atoms with Crippen molar-refractivity contribution in [2.45, 2.75) is 19.8 Å². The number of benzene rings is 2. The molecular formula is C22H27N5O. The van der Waals surface area contributed by atoms with Gasteiger partial charge in [0, 0.05) is 31.9 Å². The summed E-state index contributed by atoms with van der Waals surface area (Å²) in [6.45, 7) is 6.11. The first-order valence-electron chi connectivity index (χ1n) is 10.0. The first-order valence-corrected chi connectivity index (χ1v) is 10.0. The van der Waals surface area contributed by atoms with Gasteiger partial charge in [-0.05, 0) is 42.7 Å². The normalized spacial score (nSPS) is 15.5. The quantitative estimate of drug-likeness (QED) is 0.716. The predicted octanol–water partition coefficient (Wildman–Crippen LogP) is 3.28. The highest BCUT2D eigenvalue weighted by molar-refractivity contribution is 5.92. The van der Waals surface area contributed by atoms with E-state index in [1.807, 2.05) is 36.4 Å². The topological polar surface area (TPSA) is 64.3 Å². The molecule has 3 aromatic rings. The minimum absolute atomic E-state index is 0.0430. The molecule has 1 saturated heterocycles. The number of para-hydroxylation sites is 2. The van der Waals surface area contributed by atoms with Crippen LogP contribution in [-0.2, 0) is 11.2 Å². The van der Waals surface area contributed by atoms with Crippen LogP contribution in [-0.4, -0.2) is 53.5 Å².